The molecule has 0 aromatic heterocycles. The Morgan fingerprint density at radius 3 is 2.31 bits per heavy atom. The van der Waals surface area contributed by atoms with Crippen molar-refractivity contribution in [1.82, 2.24) is 4.90 Å². The number of nitrogens with zero attached hydrogens (tertiary/aromatic N) is 1. The van der Waals surface area contributed by atoms with E-state index in [9.17, 15) is 26.4 Å². The monoisotopic (exact) mass is 538 g/mol. The minimum Gasteiger partial charge on any atom is -0.379 e. The molecule has 2 amide bonds. The van der Waals surface area contributed by atoms with Crippen LogP contribution in [0, 0.1) is 0 Å². The van der Waals surface area contributed by atoms with E-state index in [1.165, 1.54) is 12.1 Å². The molecule has 0 aliphatic heterocycles. The lowest BCUT2D eigenvalue weighted by atomic mass is 10.2. The van der Waals surface area contributed by atoms with Crippen LogP contribution in [0.5, 0.6) is 5.75 Å². The molecule has 6 nitrogen and oxygen atoms in total. The molecule has 1 N–H and O–H groups in total. The number of benzene rings is 3. The van der Waals surface area contributed by atoms with Gasteiger partial charge in [0.25, 0.3) is 0 Å². The highest BCUT2D eigenvalue weighted by atomic mass is 32.2. The summed E-state index contributed by atoms with van der Waals surface area (Å²) in [5, 5.41) is 2.85. The Morgan fingerprint density at radius 1 is 1.03 bits per heavy atom. The van der Waals surface area contributed by atoms with Gasteiger partial charge in [0.2, 0.25) is 0 Å². The zero-order valence-electron chi connectivity index (χ0n) is 19.7. The second-order valence-corrected chi connectivity index (χ2v) is 10.5. The van der Waals surface area contributed by atoms with Gasteiger partial charge < -0.3 is 14.4 Å². The molecule has 3 aromatic rings. The topological polar surface area (TPSA) is 75.7 Å². The number of carbonyl (C=O) groups is 1. The van der Waals surface area contributed by atoms with Crippen molar-refractivity contribution in [2.24, 2.45) is 0 Å². The molecule has 0 bridgehead atoms. The van der Waals surface area contributed by atoms with Gasteiger partial charge in [0.1, 0.15) is 10.6 Å². The molecule has 0 aliphatic rings. The van der Waals surface area contributed by atoms with Gasteiger partial charge in [-0.1, -0.05) is 18.2 Å². The fraction of sp³-hybridized carbons (Fsp3) is 0.240. The minimum absolute atomic E-state index is 0.0818. The number of rotatable bonds is 8. The maximum atomic E-state index is 13.0. The molecule has 0 saturated heterocycles. The molecule has 36 heavy (non-hydrogen) atoms. The highest BCUT2D eigenvalue weighted by Crippen LogP contribution is 2.31. The van der Waals surface area contributed by atoms with Crippen molar-refractivity contribution in [2.75, 3.05) is 11.6 Å². The third-order valence-electron chi connectivity index (χ3n) is 5.13. The van der Waals surface area contributed by atoms with Crippen LogP contribution < -0.4 is 9.50 Å². The van der Waals surface area contributed by atoms with E-state index in [0.29, 0.717) is 17.3 Å². The van der Waals surface area contributed by atoms with Gasteiger partial charge in [0.15, 0.2) is 0 Å². The summed E-state index contributed by atoms with van der Waals surface area (Å²) >= 11 is 1.59. The molecule has 0 saturated carbocycles. The summed E-state index contributed by atoms with van der Waals surface area (Å²) in [5.41, 5.74) is 0.114. The van der Waals surface area contributed by atoms with E-state index in [2.05, 4.69) is 5.32 Å². The Kier molecular flexibility index (Phi) is 8.57. The van der Waals surface area contributed by atoms with Crippen molar-refractivity contribution in [3.63, 3.8) is 0 Å². The summed E-state index contributed by atoms with van der Waals surface area (Å²) < 4.78 is 69.3. The van der Waals surface area contributed by atoms with E-state index in [0.717, 1.165) is 23.1 Å². The first-order valence-corrected chi connectivity index (χ1v) is 13.4. The van der Waals surface area contributed by atoms with Crippen LogP contribution in [0.3, 0.4) is 0 Å². The molecule has 0 unspecified atom stereocenters. The van der Waals surface area contributed by atoms with Crippen LogP contribution >= 0.6 is 11.8 Å². The summed E-state index contributed by atoms with van der Waals surface area (Å²) in [6, 6.07) is 16.2. The molecule has 0 heterocycles. The number of nitrogens with one attached hydrogen (secondary N) is 1. The van der Waals surface area contributed by atoms with Gasteiger partial charge in [-0.2, -0.15) is 21.6 Å². The maximum Gasteiger partial charge on any atom is 0.416 e. The molecule has 0 atom stereocenters. The number of alkyl halides is 3. The molecular formula is C25H25F3N2O4S2. The molecule has 0 radical (unpaired) electrons. The maximum absolute atomic E-state index is 13.0. The zero-order valence-corrected chi connectivity index (χ0v) is 21.4. The largest absolute Gasteiger partial charge is 0.416 e. The number of carbonyl (C=O) groups excluding carboxylic acids is 1. The number of hydrogen-bond donors (Lipinski definition) is 1. The highest BCUT2D eigenvalue weighted by Gasteiger charge is 2.32. The average molecular weight is 539 g/mol. The SMILES string of the molecule is CSc1ccc(NC(=O)N(Cc2cccc(OS(=O)(=O)c3cccc(C(F)(F)F)c3)c2)C(C)C)cc1. The van der Waals surface area contributed by atoms with Crippen molar-refractivity contribution in [1.29, 1.82) is 0 Å². The molecule has 0 fully saturated rings. The van der Waals surface area contributed by atoms with Crippen LogP contribution in [0.25, 0.3) is 0 Å². The third kappa shape index (κ3) is 7.17. The Morgan fingerprint density at radius 2 is 1.69 bits per heavy atom. The molecule has 3 rings (SSSR count). The number of urea groups is 1. The standard InChI is InChI=1S/C25H25F3N2O4S2/c1-17(2)30(24(31)29-20-10-12-22(35-3)13-11-20)16-18-6-4-8-21(14-18)34-36(32,33)23-9-5-7-19(15-23)25(26,27)28/h4-15,17H,16H2,1-3H3,(H,29,31). The van der Waals surface area contributed by atoms with Gasteiger partial charge in [0, 0.05) is 23.2 Å². The first-order chi connectivity index (χ1) is 16.9. The lowest BCUT2D eigenvalue weighted by Gasteiger charge is -2.27. The van der Waals surface area contributed by atoms with Crippen LogP contribution in [0.15, 0.2) is 82.6 Å². The van der Waals surface area contributed by atoms with Crippen LogP contribution in [-0.2, 0) is 22.8 Å². The second kappa shape index (κ2) is 11.3. The first kappa shape index (κ1) is 27.4. The molecule has 11 heteroatoms. The molecule has 192 valence electrons. The number of halogens is 3. The Labute approximate surface area is 212 Å². The van der Waals surface area contributed by atoms with Crippen molar-refractivity contribution < 1.29 is 30.6 Å². The van der Waals surface area contributed by atoms with Gasteiger partial charge in [-0.05, 0) is 80.3 Å². The summed E-state index contributed by atoms with van der Waals surface area (Å²) in [4.78, 5) is 14.9. The van der Waals surface area contributed by atoms with E-state index < -0.39 is 26.8 Å². The summed E-state index contributed by atoms with van der Waals surface area (Å²) in [5.74, 6) is -0.0818. The summed E-state index contributed by atoms with van der Waals surface area (Å²) in [6.07, 6.45) is -2.74. The number of anilines is 1. The fourth-order valence-electron chi connectivity index (χ4n) is 3.25. The van der Waals surface area contributed by atoms with Gasteiger partial charge >= 0.3 is 22.3 Å². The van der Waals surface area contributed by atoms with Crippen LogP contribution in [-0.4, -0.2) is 31.6 Å². The highest BCUT2D eigenvalue weighted by molar-refractivity contribution is 7.98. The average Bonchev–Trinajstić information content (AvgIpc) is 2.82. The smallest absolute Gasteiger partial charge is 0.379 e. The predicted octanol–water partition coefficient (Wildman–Crippen LogP) is 6.64. The fourth-order valence-corrected chi connectivity index (χ4v) is 4.63. The Hall–Kier alpha value is -3.18. The van der Waals surface area contributed by atoms with E-state index in [1.807, 2.05) is 32.2 Å². The number of amides is 2. The normalized spacial score (nSPS) is 11.9. The van der Waals surface area contributed by atoms with E-state index in [4.69, 9.17) is 4.18 Å². The van der Waals surface area contributed by atoms with Gasteiger partial charge in [-0.25, -0.2) is 4.79 Å². The van der Waals surface area contributed by atoms with Gasteiger partial charge in [-0.3, -0.25) is 0 Å². The summed E-state index contributed by atoms with van der Waals surface area (Å²) in [6.45, 7) is 3.83. The first-order valence-electron chi connectivity index (χ1n) is 10.8. The van der Waals surface area contributed by atoms with Crippen LogP contribution in [0.1, 0.15) is 25.0 Å². The third-order valence-corrected chi connectivity index (χ3v) is 7.12. The van der Waals surface area contributed by atoms with Crippen molar-refractivity contribution in [2.45, 2.75) is 42.4 Å². The zero-order chi connectivity index (χ0) is 26.5. The van der Waals surface area contributed by atoms with Crippen molar-refractivity contribution in [3.8, 4) is 5.75 Å². The lowest BCUT2D eigenvalue weighted by molar-refractivity contribution is -0.137. The van der Waals surface area contributed by atoms with Crippen LogP contribution in [0.4, 0.5) is 23.7 Å². The molecule has 3 aromatic carbocycles. The number of thioether (sulfide) groups is 1. The van der Waals surface area contributed by atoms with Crippen molar-refractivity contribution >= 4 is 33.6 Å². The molecular weight excluding hydrogens is 513 g/mol. The van der Waals surface area contributed by atoms with Gasteiger partial charge in [0.05, 0.1) is 5.56 Å². The predicted molar refractivity (Wildman–Crippen MR) is 134 cm³/mol. The summed E-state index contributed by atoms with van der Waals surface area (Å²) in [7, 11) is -4.52. The quantitative estimate of drug-likeness (QED) is 0.257. The minimum atomic E-state index is -4.69. The van der Waals surface area contributed by atoms with E-state index in [1.54, 1.807) is 40.9 Å². The second-order valence-electron chi connectivity index (χ2n) is 8.09. The molecule has 0 spiro atoms. The number of hydrogen-bond acceptors (Lipinski definition) is 5. The van der Waals surface area contributed by atoms with Crippen molar-refractivity contribution in [3.05, 3.63) is 83.9 Å². The van der Waals surface area contributed by atoms with Crippen LogP contribution in [0.2, 0.25) is 0 Å². The van der Waals surface area contributed by atoms with E-state index >= 15 is 0 Å². The van der Waals surface area contributed by atoms with Gasteiger partial charge in [-0.15, -0.1) is 11.8 Å². The Bertz CT molecular complexity index is 1310. The Balaban J connectivity index is 1.76. The van der Waals surface area contributed by atoms with E-state index in [-0.39, 0.29) is 24.4 Å². The molecule has 0 aliphatic carbocycles. The lowest BCUT2D eigenvalue weighted by Crippen LogP contribution is -2.39.